The fraction of sp³-hybridized carbons (Fsp3) is 0.600. The number of aryl methyl sites for hydroxylation is 2. The van der Waals surface area contributed by atoms with E-state index in [-0.39, 0.29) is 0 Å². The Morgan fingerprint density at radius 3 is 2.75 bits per heavy atom. The van der Waals surface area contributed by atoms with Crippen LogP contribution in [0.1, 0.15) is 43.7 Å². The van der Waals surface area contributed by atoms with Crippen LogP contribution in [0.4, 0.5) is 5.69 Å². The van der Waals surface area contributed by atoms with Gasteiger partial charge in [-0.2, -0.15) is 0 Å². The van der Waals surface area contributed by atoms with Crippen LogP contribution in [0.25, 0.3) is 0 Å². The monoisotopic (exact) mass is 217 g/mol. The number of hydrogen-bond donors (Lipinski definition) is 1. The lowest BCUT2D eigenvalue weighted by Gasteiger charge is -2.17. The molecule has 1 aliphatic carbocycles. The van der Waals surface area contributed by atoms with Crippen molar-refractivity contribution >= 4 is 5.69 Å². The Kier molecular flexibility index (Phi) is 3.52. The summed E-state index contributed by atoms with van der Waals surface area (Å²) in [6, 6.07) is 7.37. The van der Waals surface area contributed by atoms with Gasteiger partial charge in [-0.3, -0.25) is 0 Å². The first-order valence-corrected chi connectivity index (χ1v) is 6.53. The van der Waals surface area contributed by atoms with Gasteiger partial charge in [0.05, 0.1) is 0 Å². The predicted molar refractivity (Wildman–Crippen MR) is 71.0 cm³/mol. The highest BCUT2D eigenvalue weighted by Gasteiger charge is 2.23. The first-order chi connectivity index (χ1) is 7.69. The molecule has 0 saturated heterocycles. The molecule has 2 rings (SSSR count). The highest BCUT2D eigenvalue weighted by atomic mass is 14.9. The zero-order valence-corrected chi connectivity index (χ0v) is 10.7. The summed E-state index contributed by atoms with van der Waals surface area (Å²) >= 11 is 0. The first-order valence-electron chi connectivity index (χ1n) is 6.53. The minimum atomic E-state index is 0.699. The Balaban J connectivity index is 2.01. The van der Waals surface area contributed by atoms with Gasteiger partial charge >= 0.3 is 0 Å². The topological polar surface area (TPSA) is 12.0 Å². The lowest BCUT2D eigenvalue weighted by molar-refractivity contribution is 0.525. The summed E-state index contributed by atoms with van der Waals surface area (Å²) in [5, 5.41) is 3.71. The molecule has 0 heterocycles. The second-order valence-corrected chi connectivity index (χ2v) is 5.25. The van der Waals surface area contributed by atoms with Crippen molar-refractivity contribution in [3.63, 3.8) is 0 Å². The minimum Gasteiger partial charge on any atom is -0.382 e. The van der Waals surface area contributed by atoms with Gasteiger partial charge in [-0.15, -0.1) is 0 Å². The Hall–Kier alpha value is -0.980. The lowest BCUT2D eigenvalue weighted by atomic mass is 10.1. The van der Waals surface area contributed by atoms with Gasteiger partial charge in [0, 0.05) is 11.7 Å². The summed E-state index contributed by atoms with van der Waals surface area (Å²) in [5.74, 6) is 0.947. The van der Waals surface area contributed by atoms with E-state index >= 15 is 0 Å². The summed E-state index contributed by atoms with van der Waals surface area (Å²) in [4.78, 5) is 0. The summed E-state index contributed by atoms with van der Waals surface area (Å²) in [7, 11) is 0. The molecule has 16 heavy (non-hydrogen) atoms. The standard InChI is InChI=1S/C15H23N/c1-4-13-7-8-14(10-13)16-15-9-11(2)5-6-12(15)3/h5-6,9,13-14,16H,4,7-8,10H2,1-3H3. The van der Waals surface area contributed by atoms with E-state index in [1.54, 1.807) is 0 Å². The van der Waals surface area contributed by atoms with E-state index in [0.717, 1.165) is 5.92 Å². The van der Waals surface area contributed by atoms with Crippen LogP contribution in [0.5, 0.6) is 0 Å². The molecule has 0 amide bonds. The molecule has 1 aliphatic rings. The van der Waals surface area contributed by atoms with Crippen LogP contribution in [0, 0.1) is 19.8 Å². The third-order valence-electron chi connectivity index (χ3n) is 3.87. The fourth-order valence-corrected chi connectivity index (χ4v) is 2.69. The molecular weight excluding hydrogens is 194 g/mol. The predicted octanol–water partition coefficient (Wildman–Crippen LogP) is 4.29. The van der Waals surface area contributed by atoms with Crippen LogP contribution in [0.15, 0.2) is 18.2 Å². The molecule has 1 N–H and O–H groups in total. The molecule has 1 nitrogen and oxygen atoms in total. The SMILES string of the molecule is CCC1CCC(Nc2cc(C)ccc2C)C1. The van der Waals surface area contributed by atoms with Crippen LogP contribution < -0.4 is 5.32 Å². The molecule has 2 atom stereocenters. The molecule has 1 saturated carbocycles. The van der Waals surface area contributed by atoms with E-state index in [2.05, 4.69) is 44.3 Å². The first kappa shape index (κ1) is 11.5. The van der Waals surface area contributed by atoms with Gasteiger partial charge < -0.3 is 5.32 Å². The second kappa shape index (κ2) is 4.90. The molecule has 88 valence electrons. The van der Waals surface area contributed by atoms with Crippen molar-refractivity contribution in [2.75, 3.05) is 5.32 Å². The molecule has 1 aromatic rings. The van der Waals surface area contributed by atoms with Crippen LogP contribution in [0.2, 0.25) is 0 Å². The van der Waals surface area contributed by atoms with E-state index < -0.39 is 0 Å². The summed E-state index contributed by atoms with van der Waals surface area (Å²) in [6.45, 7) is 6.66. The van der Waals surface area contributed by atoms with E-state index in [1.165, 1.54) is 42.5 Å². The van der Waals surface area contributed by atoms with E-state index in [9.17, 15) is 0 Å². The van der Waals surface area contributed by atoms with Gasteiger partial charge in [0.2, 0.25) is 0 Å². The largest absolute Gasteiger partial charge is 0.382 e. The molecule has 0 aromatic heterocycles. The molecular formula is C15H23N. The average molecular weight is 217 g/mol. The van der Waals surface area contributed by atoms with Crippen molar-refractivity contribution in [2.24, 2.45) is 5.92 Å². The van der Waals surface area contributed by atoms with Crippen molar-refractivity contribution in [3.8, 4) is 0 Å². The maximum absolute atomic E-state index is 3.71. The highest BCUT2D eigenvalue weighted by Crippen LogP contribution is 2.31. The Labute approximate surface area is 99.3 Å². The zero-order chi connectivity index (χ0) is 11.5. The van der Waals surface area contributed by atoms with Crippen LogP contribution in [0.3, 0.4) is 0 Å². The quantitative estimate of drug-likeness (QED) is 0.796. The van der Waals surface area contributed by atoms with Gasteiger partial charge in [0.15, 0.2) is 0 Å². The van der Waals surface area contributed by atoms with Crippen molar-refractivity contribution in [1.29, 1.82) is 0 Å². The van der Waals surface area contributed by atoms with Gasteiger partial charge in [0.25, 0.3) is 0 Å². The molecule has 0 aliphatic heterocycles. The van der Waals surface area contributed by atoms with Gasteiger partial charge in [-0.05, 0) is 56.2 Å². The molecule has 1 heteroatoms. The van der Waals surface area contributed by atoms with Gasteiger partial charge in [-0.1, -0.05) is 25.5 Å². The van der Waals surface area contributed by atoms with Crippen molar-refractivity contribution in [1.82, 2.24) is 0 Å². The van der Waals surface area contributed by atoms with Gasteiger partial charge in [-0.25, -0.2) is 0 Å². The van der Waals surface area contributed by atoms with Crippen molar-refractivity contribution < 1.29 is 0 Å². The van der Waals surface area contributed by atoms with Crippen molar-refractivity contribution in [3.05, 3.63) is 29.3 Å². The molecule has 1 aromatic carbocycles. The second-order valence-electron chi connectivity index (χ2n) is 5.25. The van der Waals surface area contributed by atoms with E-state index in [1.807, 2.05) is 0 Å². The number of rotatable bonds is 3. The minimum absolute atomic E-state index is 0.699. The zero-order valence-electron chi connectivity index (χ0n) is 10.7. The lowest BCUT2D eigenvalue weighted by Crippen LogP contribution is -2.16. The Morgan fingerprint density at radius 2 is 2.06 bits per heavy atom. The Bertz CT molecular complexity index is 356. The molecule has 2 unspecified atom stereocenters. The van der Waals surface area contributed by atoms with Crippen LogP contribution in [-0.2, 0) is 0 Å². The molecule has 1 fully saturated rings. The highest BCUT2D eigenvalue weighted by molar-refractivity contribution is 5.53. The number of hydrogen-bond acceptors (Lipinski definition) is 1. The number of benzene rings is 1. The third kappa shape index (κ3) is 2.58. The van der Waals surface area contributed by atoms with Crippen molar-refractivity contribution in [2.45, 2.75) is 52.5 Å². The summed E-state index contributed by atoms with van der Waals surface area (Å²) < 4.78 is 0. The molecule has 0 radical (unpaired) electrons. The third-order valence-corrected chi connectivity index (χ3v) is 3.87. The maximum Gasteiger partial charge on any atom is 0.0374 e. The average Bonchev–Trinajstić information content (AvgIpc) is 2.71. The molecule has 0 bridgehead atoms. The normalized spacial score (nSPS) is 24.7. The Morgan fingerprint density at radius 1 is 1.25 bits per heavy atom. The molecule has 0 spiro atoms. The fourth-order valence-electron chi connectivity index (χ4n) is 2.69. The number of anilines is 1. The summed E-state index contributed by atoms with van der Waals surface area (Å²) in [5.41, 5.74) is 4.05. The van der Waals surface area contributed by atoms with E-state index in [4.69, 9.17) is 0 Å². The van der Waals surface area contributed by atoms with E-state index in [0.29, 0.717) is 6.04 Å². The van der Waals surface area contributed by atoms with Gasteiger partial charge in [0.1, 0.15) is 0 Å². The van der Waals surface area contributed by atoms with Crippen LogP contribution in [-0.4, -0.2) is 6.04 Å². The number of nitrogens with one attached hydrogen (secondary N) is 1. The van der Waals surface area contributed by atoms with Crippen LogP contribution >= 0.6 is 0 Å². The smallest absolute Gasteiger partial charge is 0.0374 e. The summed E-state index contributed by atoms with van der Waals surface area (Å²) in [6.07, 6.45) is 5.43. The maximum atomic E-state index is 3.71.